The molecule has 5 nitrogen and oxygen atoms in total. The highest BCUT2D eigenvalue weighted by Crippen LogP contribution is 2.08. The van der Waals surface area contributed by atoms with E-state index in [0.717, 1.165) is 31.2 Å². The zero-order valence-corrected chi connectivity index (χ0v) is 15.5. The molecule has 2 atom stereocenters. The molecule has 0 spiro atoms. The first-order valence-corrected chi connectivity index (χ1v) is 9.28. The van der Waals surface area contributed by atoms with Crippen LogP contribution in [0.3, 0.4) is 0 Å². The molecule has 0 aliphatic carbocycles. The van der Waals surface area contributed by atoms with Crippen molar-refractivity contribution in [2.24, 2.45) is 0 Å². The number of hydrogen-bond donors (Lipinski definition) is 2. The Labute approximate surface area is 155 Å². The predicted molar refractivity (Wildman–Crippen MR) is 102 cm³/mol. The SMILES string of the molecule is CCCCCC(C)NC(=O)C(Cc1ccccc1)NC(=O)c1ccco1. The fourth-order valence-corrected chi connectivity index (χ4v) is 2.81. The van der Waals surface area contributed by atoms with Crippen molar-refractivity contribution in [2.75, 3.05) is 0 Å². The minimum Gasteiger partial charge on any atom is -0.459 e. The second kappa shape index (κ2) is 10.4. The van der Waals surface area contributed by atoms with E-state index in [9.17, 15) is 9.59 Å². The lowest BCUT2D eigenvalue weighted by Crippen LogP contribution is -2.50. The van der Waals surface area contributed by atoms with E-state index in [1.807, 2.05) is 37.3 Å². The molecule has 1 aromatic heterocycles. The third kappa shape index (κ3) is 6.39. The number of hydrogen-bond acceptors (Lipinski definition) is 3. The maximum Gasteiger partial charge on any atom is 0.287 e. The number of rotatable bonds is 10. The van der Waals surface area contributed by atoms with Gasteiger partial charge in [0.2, 0.25) is 5.91 Å². The Bertz CT molecular complexity index is 668. The lowest BCUT2D eigenvalue weighted by Gasteiger charge is -2.21. The second-order valence-corrected chi connectivity index (χ2v) is 6.60. The molecular formula is C21H28N2O3. The van der Waals surface area contributed by atoms with Crippen molar-refractivity contribution in [3.05, 3.63) is 60.1 Å². The molecule has 2 N–H and O–H groups in total. The van der Waals surface area contributed by atoms with E-state index in [0.29, 0.717) is 6.42 Å². The Morgan fingerprint density at radius 2 is 1.81 bits per heavy atom. The van der Waals surface area contributed by atoms with Gasteiger partial charge in [-0.2, -0.15) is 0 Å². The zero-order chi connectivity index (χ0) is 18.8. The van der Waals surface area contributed by atoms with E-state index in [2.05, 4.69) is 17.6 Å². The van der Waals surface area contributed by atoms with Crippen LogP contribution in [0.4, 0.5) is 0 Å². The van der Waals surface area contributed by atoms with Crippen molar-refractivity contribution in [3.8, 4) is 0 Å². The van der Waals surface area contributed by atoms with Gasteiger partial charge in [-0.3, -0.25) is 9.59 Å². The van der Waals surface area contributed by atoms with Crippen molar-refractivity contribution in [3.63, 3.8) is 0 Å². The normalized spacial score (nSPS) is 13.0. The van der Waals surface area contributed by atoms with Crippen molar-refractivity contribution < 1.29 is 14.0 Å². The molecule has 0 radical (unpaired) electrons. The molecule has 2 rings (SSSR count). The predicted octanol–water partition coefficient (Wildman–Crippen LogP) is 3.71. The van der Waals surface area contributed by atoms with Crippen LogP contribution in [0.25, 0.3) is 0 Å². The summed E-state index contributed by atoms with van der Waals surface area (Å²) in [5.74, 6) is -0.352. The molecule has 0 bridgehead atoms. The molecule has 2 amide bonds. The van der Waals surface area contributed by atoms with Gasteiger partial charge in [0.1, 0.15) is 6.04 Å². The first kappa shape index (κ1) is 19.8. The molecule has 140 valence electrons. The number of unbranched alkanes of at least 4 members (excludes halogenated alkanes) is 2. The van der Waals surface area contributed by atoms with Crippen LogP contribution in [-0.2, 0) is 11.2 Å². The van der Waals surface area contributed by atoms with Crippen molar-refractivity contribution in [2.45, 2.75) is 58.0 Å². The number of nitrogens with one attached hydrogen (secondary N) is 2. The summed E-state index contributed by atoms with van der Waals surface area (Å²) in [5.41, 5.74) is 0.992. The van der Waals surface area contributed by atoms with Crippen molar-refractivity contribution in [1.82, 2.24) is 10.6 Å². The summed E-state index contributed by atoms with van der Waals surface area (Å²) in [6, 6.07) is 12.3. The summed E-state index contributed by atoms with van der Waals surface area (Å²) in [7, 11) is 0. The van der Waals surface area contributed by atoms with Crippen LogP contribution in [0.1, 0.15) is 55.6 Å². The second-order valence-electron chi connectivity index (χ2n) is 6.60. The zero-order valence-electron chi connectivity index (χ0n) is 15.5. The largest absolute Gasteiger partial charge is 0.459 e. The smallest absolute Gasteiger partial charge is 0.287 e. The third-order valence-electron chi connectivity index (χ3n) is 4.28. The van der Waals surface area contributed by atoms with Crippen LogP contribution in [0, 0.1) is 0 Å². The van der Waals surface area contributed by atoms with Crippen LogP contribution in [0.5, 0.6) is 0 Å². The summed E-state index contributed by atoms with van der Waals surface area (Å²) < 4.78 is 5.13. The monoisotopic (exact) mass is 356 g/mol. The molecule has 1 heterocycles. The minimum absolute atomic E-state index is 0.0767. The minimum atomic E-state index is -0.649. The van der Waals surface area contributed by atoms with Crippen LogP contribution in [-0.4, -0.2) is 23.9 Å². The molecule has 2 unspecified atom stereocenters. The Morgan fingerprint density at radius 3 is 2.46 bits per heavy atom. The van der Waals surface area contributed by atoms with Crippen LogP contribution in [0.2, 0.25) is 0 Å². The molecule has 2 aromatic rings. The maximum absolute atomic E-state index is 12.7. The van der Waals surface area contributed by atoms with E-state index < -0.39 is 6.04 Å². The van der Waals surface area contributed by atoms with Crippen LogP contribution >= 0.6 is 0 Å². The number of furan rings is 1. The molecule has 0 saturated carbocycles. The summed E-state index contributed by atoms with van der Waals surface area (Å²) >= 11 is 0. The first-order valence-electron chi connectivity index (χ1n) is 9.28. The van der Waals surface area contributed by atoms with Gasteiger partial charge in [-0.05, 0) is 31.0 Å². The lowest BCUT2D eigenvalue weighted by molar-refractivity contribution is -0.123. The van der Waals surface area contributed by atoms with Gasteiger partial charge in [0.15, 0.2) is 5.76 Å². The van der Waals surface area contributed by atoms with Crippen molar-refractivity contribution >= 4 is 11.8 Å². The van der Waals surface area contributed by atoms with E-state index >= 15 is 0 Å². The Balaban J connectivity index is 2.01. The van der Waals surface area contributed by atoms with E-state index in [1.165, 1.54) is 6.26 Å². The standard InChI is InChI=1S/C21H28N2O3/c1-3-4-6-10-16(2)22-20(24)18(15-17-11-7-5-8-12-17)23-21(25)19-13-9-14-26-19/h5,7-9,11-14,16,18H,3-4,6,10,15H2,1-2H3,(H,22,24)(H,23,25). The highest BCUT2D eigenvalue weighted by Gasteiger charge is 2.24. The summed E-state index contributed by atoms with van der Waals surface area (Å²) in [4.78, 5) is 25.1. The average Bonchev–Trinajstić information content (AvgIpc) is 3.17. The number of carbonyl (C=O) groups excluding carboxylic acids is 2. The van der Waals surface area contributed by atoms with Gasteiger partial charge in [0, 0.05) is 12.5 Å². The fourth-order valence-electron chi connectivity index (χ4n) is 2.81. The van der Waals surface area contributed by atoms with Gasteiger partial charge in [0.25, 0.3) is 5.91 Å². The molecule has 0 fully saturated rings. The Hall–Kier alpha value is -2.56. The molecule has 0 saturated heterocycles. The van der Waals surface area contributed by atoms with Gasteiger partial charge in [-0.15, -0.1) is 0 Å². The van der Waals surface area contributed by atoms with Gasteiger partial charge in [-0.1, -0.05) is 56.5 Å². The topological polar surface area (TPSA) is 71.3 Å². The third-order valence-corrected chi connectivity index (χ3v) is 4.28. The van der Waals surface area contributed by atoms with E-state index in [4.69, 9.17) is 4.42 Å². The van der Waals surface area contributed by atoms with E-state index in [1.54, 1.807) is 12.1 Å². The molecule has 5 heteroatoms. The van der Waals surface area contributed by atoms with Crippen LogP contribution < -0.4 is 10.6 Å². The van der Waals surface area contributed by atoms with Gasteiger partial charge in [-0.25, -0.2) is 0 Å². The van der Waals surface area contributed by atoms with Crippen LogP contribution in [0.15, 0.2) is 53.1 Å². The average molecular weight is 356 g/mol. The highest BCUT2D eigenvalue weighted by atomic mass is 16.3. The highest BCUT2D eigenvalue weighted by molar-refractivity contribution is 5.95. The fraction of sp³-hybridized carbons (Fsp3) is 0.429. The molecule has 26 heavy (non-hydrogen) atoms. The Kier molecular flexibility index (Phi) is 7.93. The maximum atomic E-state index is 12.7. The summed E-state index contributed by atoms with van der Waals surface area (Å²) in [6.45, 7) is 4.16. The van der Waals surface area contributed by atoms with Gasteiger partial charge < -0.3 is 15.1 Å². The number of benzene rings is 1. The van der Waals surface area contributed by atoms with E-state index in [-0.39, 0.29) is 23.6 Å². The quantitative estimate of drug-likeness (QED) is 0.638. The van der Waals surface area contributed by atoms with Crippen molar-refractivity contribution in [1.29, 1.82) is 0 Å². The number of amides is 2. The summed E-state index contributed by atoms with van der Waals surface area (Å²) in [5, 5.41) is 5.82. The Morgan fingerprint density at radius 1 is 1.04 bits per heavy atom. The first-order chi connectivity index (χ1) is 12.6. The molecule has 0 aliphatic heterocycles. The summed E-state index contributed by atoms with van der Waals surface area (Å²) in [6.07, 6.45) is 6.20. The number of carbonyl (C=O) groups is 2. The lowest BCUT2D eigenvalue weighted by atomic mass is 10.0. The molecule has 1 aromatic carbocycles. The molecular weight excluding hydrogens is 328 g/mol. The van der Waals surface area contributed by atoms with Gasteiger partial charge >= 0.3 is 0 Å². The molecule has 0 aliphatic rings. The van der Waals surface area contributed by atoms with Gasteiger partial charge in [0.05, 0.1) is 6.26 Å².